The van der Waals surface area contributed by atoms with Crippen LogP contribution in [-0.2, 0) is 15.0 Å². The van der Waals surface area contributed by atoms with Crippen LogP contribution < -0.4 is 4.31 Å². The zero-order valence-corrected chi connectivity index (χ0v) is 14.2. The Morgan fingerprint density at radius 3 is 2.14 bits per heavy atom. The third kappa shape index (κ3) is 3.95. The van der Waals surface area contributed by atoms with Crippen molar-refractivity contribution in [3.05, 3.63) is 29.3 Å². The van der Waals surface area contributed by atoms with Gasteiger partial charge in [0, 0.05) is 28.2 Å². The Morgan fingerprint density at radius 2 is 1.67 bits per heavy atom. The molecule has 0 aromatic heterocycles. The van der Waals surface area contributed by atoms with Gasteiger partial charge in [-0.15, -0.1) is 0 Å². The Bertz CT molecular complexity index is 624. The summed E-state index contributed by atoms with van der Waals surface area (Å²) in [4.78, 5) is 13.4. The summed E-state index contributed by atoms with van der Waals surface area (Å²) in [6.45, 7) is 3.49. The quantitative estimate of drug-likeness (QED) is 0.815. The van der Waals surface area contributed by atoms with Crippen molar-refractivity contribution in [1.29, 1.82) is 0 Å². The minimum Gasteiger partial charge on any atom is -0.347 e. The summed E-state index contributed by atoms with van der Waals surface area (Å²) in [7, 11) is 2.37. The van der Waals surface area contributed by atoms with Crippen LogP contribution in [0, 0.1) is 13.8 Å². The van der Waals surface area contributed by atoms with E-state index in [0.29, 0.717) is 5.69 Å². The van der Waals surface area contributed by atoms with E-state index in [1.807, 2.05) is 26.0 Å². The smallest absolute Gasteiger partial charge is 0.304 e. The van der Waals surface area contributed by atoms with E-state index in [1.54, 1.807) is 20.2 Å². The van der Waals surface area contributed by atoms with Crippen molar-refractivity contribution >= 4 is 21.8 Å². The van der Waals surface area contributed by atoms with Crippen molar-refractivity contribution in [2.24, 2.45) is 0 Å². The van der Waals surface area contributed by atoms with Crippen LogP contribution in [-0.4, -0.2) is 58.3 Å². The van der Waals surface area contributed by atoms with Gasteiger partial charge in [-0.2, -0.15) is 12.7 Å². The first-order valence-corrected chi connectivity index (χ1v) is 7.94. The normalized spacial score (nSPS) is 11.6. The summed E-state index contributed by atoms with van der Waals surface area (Å²) in [5.41, 5.74) is 2.27. The van der Waals surface area contributed by atoms with Gasteiger partial charge in [0.1, 0.15) is 6.54 Å². The maximum absolute atomic E-state index is 12.5. The van der Waals surface area contributed by atoms with E-state index in [4.69, 9.17) is 0 Å². The van der Waals surface area contributed by atoms with Gasteiger partial charge in [0.15, 0.2) is 0 Å². The number of likely N-dealkylation sites (N-methyl/N-ethyl adjacent to an activating group) is 1. The fourth-order valence-corrected chi connectivity index (χ4v) is 2.85. The third-order valence-corrected chi connectivity index (χ3v) is 4.96. The zero-order valence-electron chi connectivity index (χ0n) is 13.4. The summed E-state index contributed by atoms with van der Waals surface area (Å²) < 4.78 is 27.3. The van der Waals surface area contributed by atoms with Crippen molar-refractivity contribution < 1.29 is 13.2 Å². The van der Waals surface area contributed by atoms with Gasteiger partial charge in [-0.05, 0) is 31.0 Å². The molecule has 0 radical (unpaired) electrons. The van der Waals surface area contributed by atoms with Gasteiger partial charge in [0.05, 0.1) is 5.69 Å². The molecule has 0 aliphatic heterocycles. The van der Waals surface area contributed by atoms with Gasteiger partial charge in [-0.25, -0.2) is 4.31 Å². The second kappa shape index (κ2) is 6.44. The van der Waals surface area contributed by atoms with Gasteiger partial charge >= 0.3 is 10.2 Å². The highest BCUT2D eigenvalue weighted by Crippen LogP contribution is 2.25. The predicted molar refractivity (Wildman–Crippen MR) is 84.6 cm³/mol. The van der Waals surface area contributed by atoms with Crippen molar-refractivity contribution in [2.75, 3.05) is 39.0 Å². The molecular formula is C14H23N3O3S. The van der Waals surface area contributed by atoms with Crippen LogP contribution in [0.1, 0.15) is 11.1 Å². The van der Waals surface area contributed by atoms with E-state index in [-0.39, 0.29) is 12.5 Å². The van der Waals surface area contributed by atoms with Crippen molar-refractivity contribution in [3.63, 3.8) is 0 Å². The van der Waals surface area contributed by atoms with Gasteiger partial charge in [-0.1, -0.05) is 12.1 Å². The maximum Gasteiger partial charge on any atom is 0.304 e. The maximum atomic E-state index is 12.5. The first-order valence-electron chi connectivity index (χ1n) is 6.55. The van der Waals surface area contributed by atoms with Crippen molar-refractivity contribution in [3.8, 4) is 0 Å². The molecular weight excluding hydrogens is 290 g/mol. The molecule has 6 nitrogen and oxygen atoms in total. The number of anilines is 1. The highest BCUT2D eigenvalue weighted by atomic mass is 32.2. The van der Waals surface area contributed by atoms with E-state index >= 15 is 0 Å². The van der Waals surface area contributed by atoms with Crippen LogP contribution in [0.4, 0.5) is 5.69 Å². The number of amides is 1. The third-order valence-electron chi connectivity index (χ3n) is 3.15. The average molecular weight is 313 g/mol. The molecule has 0 heterocycles. The standard InChI is InChI=1S/C14H23N3O3S/c1-11-7-8-12(2)13(9-11)17(10-14(18)15(3)4)21(19,20)16(5)6/h7-9H,10H2,1-6H3. The van der Waals surface area contributed by atoms with Crippen molar-refractivity contribution in [2.45, 2.75) is 13.8 Å². The molecule has 1 amide bonds. The Morgan fingerprint density at radius 1 is 1.10 bits per heavy atom. The summed E-state index contributed by atoms with van der Waals surface area (Å²) in [5, 5.41) is 0. The molecule has 0 atom stereocenters. The van der Waals surface area contributed by atoms with Crippen LogP contribution >= 0.6 is 0 Å². The van der Waals surface area contributed by atoms with Crippen LogP contribution in [0.3, 0.4) is 0 Å². The number of carbonyl (C=O) groups is 1. The van der Waals surface area contributed by atoms with Crippen molar-refractivity contribution in [1.82, 2.24) is 9.21 Å². The molecule has 0 aliphatic rings. The van der Waals surface area contributed by atoms with Gasteiger partial charge in [0.2, 0.25) is 5.91 Å². The van der Waals surface area contributed by atoms with E-state index in [1.165, 1.54) is 19.0 Å². The summed E-state index contributed by atoms with van der Waals surface area (Å²) >= 11 is 0. The molecule has 0 bridgehead atoms. The first kappa shape index (κ1) is 17.5. The summed E-state index contributed by atoms with van der Waals surface area (Å²) in [5.74, 6) is -0.277. The highest BCUT2D eigenvalue weighted by molar-refractivity contribution is 7.90. The van der Waals surface area contributed by atoms with Crippen LogP contribution in [0.2, 0.25) is 0 Å². The molecule has 1 aromatic rings. The van der Waals surface area contributed by atoms with Crippen LogP contribution in [0.15, 0.2) is 18.2 Å². The number of hydrogen-bond donors (Lipinski definition) is 0. The van der Waals surface area contributed by atoms with Gasteiger partial charge < -0.3 is 4.90 Å². The zero-order chi connectivity index (χ0) is 16.4. The van der Waals surface area contributed by atoms with Gasteiger partial charge in [0.25, 0.3) is 0 Å². The fraction of sp³-hybridized carbons (Fsp3) is 0.500. The number of hydrogen-bond acceptors (Lipinski definition) is 3. The first-order chi connectivity index (χ1) is 9.57. The average Bonchev–Trinajstić information content (AvgIpc) is 2.38. The lowest BCUT2D eigenvalue weighted by Crippen LogP contribution is -2.45. The second-order valence-electron chi connectivity index (χ2n) is 5.37. The van der Waals surface area contributed by atoms with Gasteiger partial charge in [-0.3, -0.25) is 4.79 Å². The van der Waals surface area contributed by atoms with E-state index in [0.717, 1.165) is 19.7 Å². The number of nitrogens with zero attached hydrogens (tertiary/aromatic N) is 3. The molecule has 0 saturated carbocycles. The lowest BCUT2D eigenvalue weighted by Gasteiger charge is -2.29. The Hall–Kier alpha value is -1.60. The molecule has 0 unspecified atom stereocenters. The molecule has 0 spiro atoms. The lowest BCUT2D eigenvalue weighted by atomic mass is 10.1. The Labute approximate surface area is 127 Å². The molecule has 0 saturated heterocycles. The number of carbonyl (C=O) groups excluding carboxylic acids is 1. The predicted octanol–water partition coefficient (Wildman–Crippen LogP) is 1.00. The highest BCUT2D eigenvalue weighted by Gasteiger charge is 2.28. The fourth-order valence-electron chi connectivity index (χ4n) is 1.74. The topological polar surface area (TPSA) is 60.9 Å². The Kier molecular flexibility index (Phi) is 5.36. The van der Waals surface area contributed by atoms with Crippen LogP contribution in [0.25, 0.3) is 0 Å². The minimum absolute atomic E-state index is 0.224. The SMILES string of the molecule is Cc1ccc(C)c(N(CC(=O)N(C)C)S(=O)(=O)N(C)C)c1. The van der Waals surface area contributed by atoms with Crippen LogP contribution in [0.5, 0.6) is 0 Å². The molecule has 7 heteroatoms. The molecule has 0 fully saturated rings. The largest absolute Gasteiger partial charge is 0.347 e. The minimum atomic E-state index is -3.74. The van der Waals surface area contributed by atoms with E-state index in [2.05, 4.69) is 0 Å². The number of rotatable bonds is 5. The second-order valence-corrected chi connectivity index (χ2v) is 7.44. The molecule has 0 aliphatic carbocycles. The Balaban J connectivity index is 3.38. The number of benzene rings is 1. The summed E-state index contributed by atoms with van der Waals surface area (Å²) in [6, 6.07) is 5.54. The number of aryl methyl sites for hydroxylation is 2. The molecule has 1 aromatic carbocycles. The monoisotopic (exact) mass is 313 g/mol. The summed E-state index contributed by atoms with van der Waals surface area (Å²) in [6.07, 6.45) is 0. The van der Waals surface area contributed by atoms with E-state index in [9.17, 15) is 13.2 Å². The lowest BCUT2D eigenvalue weighted by molar-refractivity contribution is -0.127. The molecule has 1 rings (SSSR count). The molecule has 0 N–H and O–H groups in total. The molecule has 118 valence electrons. The molecule has 21 heavy (non-hydrogen) atoms. The van der Waals surface area contributed by atoms with E-state index < -0.39 is 10.2 Å².